The number of nitrogens with zero attached hydrogens (tertiary/aromatic N) is 1. The van der Waals surface area contributed by atoms with Gasteiger partial charge in [-0.1, -0.05) is 23.7 Å². The summed E-state index contributed by atoms with van der Waals surface area (Å²) in [6.07, 6.45) is 2.29. The summed E-state index contributed by atoms with van der Waals surface area (Å²) in [5.41, 5.74) is 1.39. The Bertz CT molecular complexity index is 289. The lowest BCUT2D eigenvalue weighted by atomic mass is 9.90. The maximum Gasteiger partial charge on any atom is 0.0406 e. The molecular weight excluding hydrogens is 217 g/mol. The molecule has 1 nitrogen and oxygen atoms in total. The van der Waals surface area contributed by atoms with Crippen molar-refractivity contribution in [3.8, 4) is 0 Å². The third-order valence-electron chi connectivity index (χ3n) is 2.78. The fourth-order valence-electron chi connectivity index (χ4n) is 1.92. The second kappa shape index (κ2) is 4.52. The highest BCUT2D eigenvalue weighted by Gasteiger charge is 2.18. The van der Waals surface area contributed by atoms with Crippen LogP contribution in [0.25, 0.3) is 0 Å². The molecule has 0 saturated carbocycles. The fraction of sp³-hybridized carbons (Fsp3) is 0.455. The van der Waals surface area contributed by atoms with Gasteiger partial charge in [-0.3, -0.25) is 0 Å². The van der Waals surface area contributed by atoms with Crippen molar-refractivity contribution in [3.05, 3.63) is 34.9 Å². The molecule has 0 amide bonds. The van der Waals surface area contributed by atoms with Crippen molar-refractivity contribution >= 4 is 23.4 Å². The molecule has 0 N–H and O–H groups in total. The van der Waals surface area contributed by atoms with Gasteiger partial charge in [-0.2, -0.15) is 0 Å². The predicted molar refractivity (Wildman–Crippen MR) is 60.9 cm³/mol. The lowest BCUT2D eigenvalue weighted by molar-refractivity contribution is 0.336. The lowest BCUT2D eigenvalue weighted by Gasteiger charge is -2.27. The molecule has 1 aliphatic rings. The topological polar surface area (TPSA) is 3.24 Å². The standard InChI is InChI=1S/C11H13Cl2N/c12-11-3-1-9(2-4-11)10-5-7-14(13)8-6-10/h1-4,10H,5-8H2. The van der Waals surface area contributed by atoms with E-state index in [1.807, 2.05) is 16.6 Å². The molecule has 1 aromatic rings. The van der Waals surface area contributed by atoms with E-state index in [-0.39, 0.29) is 0 Å². The zero-order valence-corrected chi connectivity index (χ0v) is 9.43. The average Bonchev–Trinajstić information content (AvgIpc) is 2.21. The molecule has 76 valence electrons. The van der Waals surface area contributed by atoms with E-state index in [9.17, 15) is 0 Å². The number of hydrogen-bond donors (Lipinski definition) is 0. The fourth-order valence-corrected chi connectivity index (χ4v) is 2.24. The van der Waals surface area contributed by atoms with E-state index in [1.165, 1.54) is 5.56 Å². The van der Waals surface area contributed by atoms with Crippen LogP contribution in [0.5, 0.6) is 0 Å². The zero-order valence-electron chi connectivity index (χ0n) is 7.92. The van der Waals surface area contributed by atoms with Crippen LogP contribution in [0.2, 0.25) is 5.02 Å². The molecule has 2 rings (SSSR count). The van der Waals surface area contributed by atoms with E-state index in [4.69, 9.17) is 23.4 Å². The maximum atomic E-state index is 5.91. The molecule has 0 radical (unpaired) electrons. The van der Waals surface area contributed by atoms with E-state index >= 15 is 0 Å². The van der Waals surface area contributed by atoms with Gasteiger partial charge in [0, 0.05) is 18.1 Å². The van der Waals surface area contributed by atoms with Crippen molar-refractivity contribution < 1.29 is 0 Å². The Morgan fingerprint density at radius 3 is 2.21 bits per heavy atom. The highest BCUT2D eigenvalue weighted by Crippen LogP contribution is 2.29. The zero-order chi connectivity index (χ0) is 9.97. The van der Waals surface area contributed by atoms with Gasteiger partial charge in [0.05, 0.1) is 0 Å². The quantitative estimate of drug-likeness (QED) is 0.665. The molecule has 0 atom stereocenters. The first-order valence-corrected chi connectivity index (χ1v) is 5.63. The Morgan fingerprint density at radius 1 is 1.07 bits per heavy atom. The molecule has 0 bridgehead atoms. The highest BCUT2D eigenvalue weighted by atomic mass is 35.5. The predicted octanol–water partition coefficient (Wildman–Crippen LogP) is 3.67. The summed E-state index contributed by atoms with van der Waals surface area (Å²) in [6.45, 7) is 1.96. The number of rotatable bonds is 1. The highest BCUT2D eigenvalue weighted by molar-refractivity contribution is 6.30. The Balaban J connectivity index is 2.05. The van der Waals surface area contributed by atoms with Gasteiger partial charge in [-0.25, -0.2) is 4.42 Å². The Morgan fingerprint density at radius 2 is 1.64 bits per heavy atom. The molecule has 0 aromatic heterocycles. The smallest absolute Gasteiger partial charge is 0.0406 e. The molecule has 1 saturated heterocycles. The van der Waals surface area contributed by atoms with Crippen LogP contribution in [0.4, 0.5) is 0 Å². The Kier molecular flexibility index (Phi) is 3.32. The van der Waals surface area contributed by atoms with E-state index in [0.717, 1.165) is 31.0 Å². The number of benzene rings is 1. The third-order valence-corrected chi connectivity index (χ3v) is 3.37. The molecule has 0 spiro atoms. The first-order valence-electron chi connectivity index (χ1n) is 4.92. The van der Waals surface area contributed by atoms with Crippen molar-refractivity contribution in [3.63, 3.8) is 0 Å². The molecule has 0 unspecified atom stereocenters. The number of piperidine rings is 1. The summed E-state index contributed by atoms with van der Waals surface area (Å²) in [7, 11) is 0. The summed E-state index contributed by atoms with van der Waals surface area (Å²) in [5.74, 6) is 0.655. The van der Waals surface area contributed by atoms with Crippen LogP contribution in [-0.4, -0.2) is 17.5 Å². The van der Waals surface area contributed by atoms with Crippen LogP contribution in [0.1, 0.15) is 24.3 Å². The van der Waals surface area contributed by atoms with E-state index < -0.39 is 0 Å². The second-order valence-electron chi connectivity index (χ2n) is 3.74. The molecular formula is C11H13Cl2N. The minimum atomic E-state index is 0.655. The van der Waals surface area contributed by atoms with Gasteiger partial charge in [0.2, 0.25) is 0 Å². The van der Waals surface area contributed by atoms with Gasteiger partial charge in [-0.15, -0.1) is 0 Å². The average molecular weight is 230 g/mol. The van der Waals surface area contributed by atoms with E-state index in [0.29, 0.717) is 5.92 Å². The first-order chi connectivity index (χ1) is 6.75. The maximum absolute atomic E-state index is 5.91. The molecule has 1 fully saturated rings. The van der Waals surface area contributed by atoms with Gasteiger partial charge in [-0.05, 0) is 48.2 Å². The van der Waals surface area contributed by atoms with Crippen molar-refractivity contribution in [1.82, 2.24) is 4.42 Å². The summed E-state index contributed by atoms with van der Waals surface area (Å²) in [6, 6.07) is 8.17. The van der Waals surface area contributed by atoms with Crippen molar-refractivity contribution in [2.75, 3.05) is 13.1 Å². The van der Waals surface area contributed by atoms with Gasteiger partial charge < -0.3 is 0 Å². The van der Waals surface area contributed by atoms with Gasteiger partial charge >= 0.3 is 0 Å². The monoisotopic (exact) mass is 229 g/mol. The van der Waals surface area contributed by atoms with Crippen LogP contribution >= 0.6 is 23.4 Å². The molecule has 0 aliphatic carbocycles. The van der Waals surface area contributed by atoms with E-state index in [1.54, 1.807) is 0 Å². The first kappa shape index (κ1) is 10.3. The molecule has 1 heterocycles. The molecule has 14 heavy (non-hydrogen) atoms. The summed E-state index contributed by atoms with van der Waals surface area (Å²) in [4.78, 5) is 0. The van der Waals surface area contributed by atoms with Gasteiger partial charge in [0.1, 0.15) is 0 Å². The largest absolute Gasteiger partial charge is 0.220 e. The van der Waals surface area contributed by atoms with Crippen molar-refractivity contribution in [1.29, 1.82) is 0 Å². The van der Waals surface area contributed by atoms with Gasteiger partial charge in [0.25, 0.3) is 0 Å². The normalized spacial score (nSPS) is 19.9. The van der Waals surface area contributed by atoms with E-state index in [2.05, 4.69) is 12.1 Å². The minimum absolute atomic E-state index is 0.655. The third kappa shape index (κ3) is 2.41. The van der Waals surface area contributed by atoms with Crippen molar-refractivity contribution in [2.45, 2.75) is 18.8 Å². The Labute approximate surface area is 94.7 Å². The summed E-state index contributed by atoms with van der Waals surface area (Å²) < 4.78 is 1.87. The van der Waals surface area contributed by atoms with Crippen molar-refractivity contribution in [2.24, 2.45) is 0 Å². The number of hydrogen-bond acceptors (Lipinski definition) is 1. The molecule has 1 aliphatic heterocycles. The SMILES string of the molecule is Clc1ccc(C2CCN(Cl)CC2)cc1. The molecule has 1 aromatic carbocycles. The van der Waals surface area contributed by atoms with Gasteiger partial charge in [0.15, 0.2) is 0 Å². The van der Waals surface area contributed by atoms with Crippen LogP contribution in [0.3, 0.4) is 0 Å². The Hall–Kier alpha value is -0.240. The number of halogens is 2. The minimum Gasteiger partial charge on any atom is -0.220 e. The summed E-state index contributed by atoms with van der Waals surface area (Å²) >= 11 is 11.8. The second-order valence-corrected chi connectivity index (χ2v) is 4.65. The lowest BCUT2D eigenvalue weighted by Crippen LogP contribution is -2.25. The molecule has 3 heteroatoms. The van der Waals surface area contributed by atoms with Crippen LogP contribution in [0, 0.1) is 0 Å². The summed E-state index contributed by atoms with van der Waals surface area (Å²) in [5, 5.41) is 0.809. The van der Waals surface area contributed by atoms with Crippen LogP contribution in [-0.2, 0) is 0 Å². The van der Waals surface area contributed by atoms with Crippen LogP contribution in [0.15, 0.2) is 24.3 Å². The van der Waals surface area contributed by atoms with Crippen LogP contribution < -0.4 is 0 Å².